The Labute approximate surface area is 184 Å². The van der Waals surface area contributed by atoms with Crippen molar-refractivity contribution in [2.45, 2.75) is 19.4 Å². The van der Waals surface area contributed by atoms with Gasteiger partial charge < -0.3 is 14.8 Å². The zero-order valence-corrected chi connectivity index (χ0v) is 18.2. The van der Waals surface area contributed by atoms with E-state index in [1.807, 2.05) is 24.3 Å². The largest absolute Gasteiger partial charge is 0.382 e. The van der Waals surface area contributed by atoms with E-state index >= 15 is 0 Å². The number of pyridine rings is 2. The second-order valence-electron chi connectivity index (χ2n) is 7.67. The number of nitrogens with one attached hydrogen (secondary N) is 1. The Balaban J connectivity index is 1.68. The van der Waals surface area contributed by atoms with Crippen LogP contribution in [0.4, 0.5) is 11.4 Å². The SMILES string of the molecule is C[C@@H]1CN(c2c(C#N)c(=O)n(C)c3ccc(Cl)nc23)CC[C@H]1Nc1ccc(Cl)cc1. The van der Waals surface area contributed by atoms with E-state index in [9.17, 15) is 10.1 Å². The van der Waals surface area contributed by atoms with Gasteiger partial charge in [-0.15, -0.1) is 0 Å². The van der Waals surface area contributed by atoms with Gasteiger partial charge in [0, 0.05) is 36.9 Å². The van der Waals surface area contributed by atoms with Crippen molar-refractivity contribution in [2.24, 2.45) is 13.0 Å². The summed E-state index contributed by atoms with van der Waals surface area (Å²) in [6, 6.07) is 13.5. The van der Waals surface area contributed by atoms with Crippen LogP contribution in [0.1, 0.15) is 18.9 Å². The van der Waals surface area contributed by atoms with Crippen molar-refractivity contribution in [3.63, 3.8) is 0 Å². The van der Waals surface area contributed by atoms with Crippen LogP contribution in [0.3, 0.4) is 0 Å². The molecule has 2 aromatic heterocycles. The number of hydrogen-bond acceptors (Lipinski definition) is 5. The summed E-state index contributed by atoms with van der Waals surface area (Å²) in [5.74, 6) is 0.277. The normalized spacial score (nSPS) is 19.0. The molecule has 30 heavy (non-hydrogen) atoms. The second-order valence-corrected chi connectivity index (χ2v) is 8.49. The van der Waals surface area contributed by atoms with Crippen LogP contribution in [-0.2, 0) is 7.05 Å². The fourth-order valence-corrected chi connectivity index (χ4v) is 4.38. The quantitative estimate of drug-likeness (QED) is 0.608. The molecule has 0 aliphatic carbocycles. The maximum absolute atomic E-state index is 12.8. The second kappa shape index (κ2) is 8.17. The maximum atomic E-state index is 12.8. The summed E-state index contributed by atoms with van der Waals surface area (Å²) in [5.41, 5.74) is 2.63. The van der Waals surface area contributed by atoms with Gasteiger partial charge in [-0.3, -0.25) is 4.79 Å². The van der Waals surface area contributed by atoms with Gasteiger partial charge in [0.2, 0.25) is 0 Å². The highest BCUT2D eigenvalue weighted by atomic mass is 35.5. The van der Waals surface area contributed by atoms with E-state index in [0.717, 1.165) is 12.1 Å². The number of fused-ring (bicyclic) bond motifs is 1. The Morgan fingerprint density at radius 1 is 1.20 bits per heavy atom. The number of halogens is 2. The van der Waals surface area contributed by atoms with Crippen LogP contribution in [0.15, 0.2) is 41.2 Å². The van der Waals surface area contributed by atoms with Crippen molar-refractivity contribution in [1.82, 2.24) is 9.55 Å². The van der Waals surface area contributed by atoms with Gasteiger partial charge in [-0.05, 0) is 48.7 Å². The zero-order valence-electron chi connectivity index (χ0n) is 16.7. The number of anilines is 2. The number of hydrogen-bond donors (Lipinski definition) is 1. The van der Waals surface area contributed by atoms with E-state index in [1.165, 1.54) is 4.57 Å². The summed E-state index contributed by atoms with van der Waals surface area (Å²) in [7, 11) is 1.65. The minimum atomic E-state index is -0.321. The molecule has 0 spiro atoms. The summed E-state index contributed by atoms with van der Waals surface area (Å²) in [6.07, 6.45) is 0.853. The molecule has 4 rings (SSSR count). The lowest BCUT2D eigenvalue weighted by molar-refractivity contribution is 0.404. The summed E-state index contributed by atoms with van der Waals surface area (Å²) in [6.45, 7) is 3.55. The smallest absolute Gasteiger partial charge is 0.270 e. The standard InChI is InChI=1S/C22H21Cl2N5O/c1-13-12-29(10-9-17(13)26-15-5-3-14(23)4-6-15)21-16(11-25)22(30)28(2)18-7-8-19(24)27-20(18)21/h3-8,13,17,26H,9-10,12H2,1-2H3/t13-,17-/m1/s1. The molecule has 0 amide bonds. The predicted octanol–water partition coefficient (Wildman–Crippen LogP) is 4.44. The van der Waals surface area contributed by atoms with Crippen molar-refractivity contribution >= 4 is 45.6 Å². The summed E-state index contributed by atoms with van der Waals surface area (Å²) < 4.78 is 1.46. The number of benzene rings is 1. The molecule has 154 valence electrons. The Morgan fingerprint density at radius 3 is 2.60 bits per heavy atom. The number of aryl methyl sites for hydroxylation is 1. The molecule has 1 N–H and O–H groups in total. The van der Waals surface area contributed by atoms with Gasteiger partial charge in [-0.2, -0.15) is 5.26 Å². The molecule has 8 heteroatoms. The van der Waals surface area contributed by atoms with Crippen LogP contribution in [0.5, 0.6) is 0 Å². The zero-order chi connectivity index (χ0) is 21.4. The minimum absolute atomic E-state index is 0.107. The van der Waals surface area contributed by atoms with Crippen molar-refractivity contribution in [3.05, 3.63) is 62.5 Å². The highest BCUT2D eigenvalue weighted by molar-refractivity contribution is 6.30. The third-order valence-corrected chi connectivity index (χ3v) is 6.17. The van der Waals surface area contributed by atoms with Crippen LogP contribution < -0.4 is 15.8 Å². The first-order valence-corrected chi connectivity index (χ1v) is 10.5. The van der Waals surface area contributed by atoms with E-state index in [1.54, 1.807) is 19.2 Å². The first kappa shape index (κ1) is 20.5. The lowest BCUT2D eigenvalue weighted by atomic mass is 9.92. The molecule has 3 heterocycles. The van der Waals surface area contributed by atoms with Crippen LogP contribution >= 0.6 is 23.2 Å². The first-order valence-electron chi connectivity index (χ1n) is 9.75. The molecule has 1 fully saturated rings. The molecule has 0 saturated carbocycles. The molecule has 1 saturated heterocycles. The topological polar surface area (TPSA) is 74.0 Å². The van der Waals surface area contributed by atoms with Crippen molar-refractivity contribution in [3.8, 4) is 6.07 Å². The summed E-state index contributed by atoms with van der Waals surface area (Å²) in [5, 5.41) is 14.4. The van der Waals surface area contributed by atoms with Gasteiger partial charge >= 0.3 is 0 Å². The molecule has 0 radical (unpaired) electrons. The lowest BCUT2D eigenvalue weighted by Gasteiger charge is -2.39. The molecule has 3 aromatic rings. The molecular weight excluding hydrogens is 421 g/mol. The molecule has 6 nitrogen and oxygen atoms in total. The van der Waals surface area contributed by atoms with E-state index in [0.29, 0.717) is 40.0 Å². The number of piperidine rings is 1. The van der Waals surface area contributed by atoms with E-state index in [-0.39, 0.29) is 23.1 Å². The fourth-order valence-electron chi connectivity index (χ4n) is 4.10. The van der Waals surface area contributed by atoms with Crippen molar-refractivity contribution < 1.29 is 0 Å². The van der Waals surface area contributed by atoms with Crippen LogP contribution in [0.25, 0.3) is 11.0 Å². The third-order valence-electron chi connectivity index (χ3n) is 5.71. The lowest BCUT2D eigenvalue weighted by Crippen LogP contribution is -2.46. The molecular formula is C22H21Cl2N5O. The minimum Gasteiger partial charge on any atom is -0.382 e. The average molecular weight is 442 g/mol. The highest BCUT2D eigenvalue weighted by Crippen LogP contribution is 2.32. The first-order chi connectivity index (χ1) is 14.4. The van der Waals surface area contributed by atoms with Crippen LogP contribution in [0.2, 0.25) is 10.2 Å². The average Bonchev–Trinajstić information content (AvgIpc) is 2.73. The van der Waals surface area contributed by atoms with E-state index in [2.05, 4.69) is 28.2 Å². The molecule has 0 unspecified atom stereocenters. The molecule has 1 aliphatic rings. The van der Waals surface area contributed by atoms with Crippen molar-refractivity contribution in [1.29, 1.82) is 5.26 Å². The third kappa shape index (κ3) is 3.71. The number of aromatic nitrogens is 2. The Hall–Kier alpha value is -2.75. The number of rotatable bonds is 3. The molecule has 1 aliphatic heterocycles. The molecule has 1 aromatic carbocycles. The van der Waals surface area contributed by atoms with E-state index < -0.39 is 0 Å². The van der Waals surface area contributed by atoms with Crippen molar-refractivity contribution in [2.75, 3.05) is 23.3 Å². The van der Waals surface area contributed by atoms with Gasteiger partial charge in [0.15, 0.2) is 0 Å². The van der Waals surface area contributed by atoms with Gasteiger partial charge in [-0.25, -0.2) is 4.98 Å². The summed E-state index contributed by atoms with van der Waals surface area (Å²) in [4.78, 5) is 19.4. The monoisotopic (exact) mass is 441 g/mol. The number of nitrogens with zero attached hydrogens (tertiary/aromatic N) is 4. The molecule has 2 atom stereocenters. The molecule has 0 bridgehead atoms. The summed E-state index contributed by atoms with van der Waals surface area (Å²) >= 11 is 12.1. The van der Waals surface area contributed by atoms with Gasteiger partial charge in [0.1, 0.15) is 22.3 Å². The highest BCUT2D eigenvalue weighted by Gasteiger charge is 2.30. The van der Waals surface area contributed by atoms with Gasteiger partial charge in [0.25, 0.3) is 5.56 Å². The van der Waals surface area contributed by atoms with Gasteiger partial charge in [-0.1, -0.05) is 30.1 Å². The van der Waals surface area contributed by atoms with Crippen LogP contribution in [-0.4, -0.2) is 28.7 Å². The maximum Gasteiger partial charge on any atom is 0.270 e. The number of nitriles is 1. The Bertz CT molecular complexity index is 1200. The Morgan fingerprint density at radius 2 is 1.93 bits per heavy atom. The van der Waals surface area contributed by atoms with Gasteiger partial charge in [0.05, 0.1) is 11.2 Å². The van der Waals surface area contributed by atoms with E-state index in [4.69, 9.17) is 23.2 Å². The fraction of sp³-hybridized carbons (Fsp3) is 0.318. The van der Waals surface area contributed by atoms with Crippen LogP contribution in [0, 0.1) is 17.2 Å². The predicted molar refractivity (Wildman–Crippen MR) is 122 cm³/mol. The Kier molecular flexibility index (Phi) is 5.59.